The molecule has 1 aliphatic rings. The smallest absolute Gasteiger partial charge is 0.323 e. The minimum Gasteiger partial charge on any atom is -0.449 e. The lowest BCUT2D eigenvalue weighted by Crippen LogP contribution is -2.37. The van der Waals surface area contributed by atoms with Crippen molar-refractivity contribution < 1.29 is 18.6 Å². The minimum absolute atomic E-state index is 0.0428. The van der Waals surface area contributed by atoms with Crippen molar-refractivity contribution in [1.82, 2.24) is 35.1 Å². The molecule has 1 unspecified atom stereocenters. The Hall–Kier alpha value is -3.45. The van der Waals surface area contributed by atoms with Crippen LogP contribution in [0.2, 0.25) is 0 Å². The number of hydrogen-bond acceptors (Lipinski definition) is 11. The summed E-state index contributed by atoms with van der Waals surface area (Å²) in [5.74, 6) is 0.941. The predicted octanol–water partition coefficient (Wildman–Crippen LogP) is 1.18. The van der Waals surface area contributed by atoms with Gasteiger partial charge in [0, 0.05) is 32.0 Å². The largest absolute Gasteiger partial charge is 0.449 e. The number of aromatic amines is 1. The third-order valence-electron chi connectivity index (χ3n) is 4.34. The Morgan fingerprint density at radius 2 is 2.00 bits per heavy atom. The second-order valence-corrected chi connectivity index (χ2v) is 6.72. The van der Waals surface area contributed by atoms with Crippen molar-refractivity contribution >= 4 is 17.7 Å². The third kappa shape index (κ3) is 5.38. The zero-order valence-electron chi connectivity index (χ0n) is 17.1. The Kier molecular flexibility index (Phi) is 6.43. The maximum Gasteiger partial charge on any atom is 0.323 e. The van der Waals surface area contributed by atoms with E-state index in [4.69, 9.17) is 14.2 Å². The van der Waals surface area contributed by atoms with Gasteiger partial charge in [-0.3, -0.25) is 5.10 Å². The van der Waals surface area contributed by atoms with Crippen LogP contribution in [-0.4, -0.2) is 75.1 Å². The zero-order chi connectivity index (χ0) is 21.6. The fourth-order valence-corrected chi connectivity index (χ4v) is 2.88. The summed E-state index contributed by atoms with van der Waals surface area (Å²) in [5.41, 5.74) is 0.884. The maximum absolute atomic E-state index is 13.2. The Morgan fingerprint density at radius 3 is 2.68 bits per heavy atom. The highest BCUT2D eigenvalue weighted by Gasteiger charge is 2.22. The fourth-order valence-electron chi connectivity index (χ4n) is 2.88. The Balaban J connectivity index is 1.63. The van der Waals surface area contributed by atoms with Crippen LogP contribution in [0.1, 0.15) is 17.6 Å². The molecule has 3 aromatic heterocycles. The van der Waals surface area contributed by atoms with Crippen LogP contribution in [0.3, 0.4) is 0 Å². The number of morpholine rings is 1. The zero-order valence-corrected chi connectivity index (χ0v) is 17.1. The van der Waals surface area contributed by atoms with Crippen LogP contribution >= 0.6 is 0 Å². The van der Waals surface area contributed by atoms with E-state index in [9.17, 15) is 4.39 Å². The molecule has 12 nitrogen and oxygen atoms in total. The standard InChI is InChI=1S/C18H22FN9O3/c1-11-7-14(27-26-11)22-16-23-17(28-3-5-30-6-4-28)25-18(24-16)31-13(10-29-2)15-20-8-12(19)9-21-15/h7-9,13H,3-6,10H2,1-2H3,(H2,22,23,24,25,26,27). The summed E-state index contributed by atoms with van der Waals surface area (Å²) in [6, 6.07) is 1.86. The van der Waals surface area contributed by atoms with Crippen LogP contribution in [0.5, 0.6) is 6.01 Å². The van der Waals surface area contributed by atoms with E-state index in [1.807, 2.05) is 17.9 Å². The number of ether oxygens (including phenoxy) is 3. The highest BCUT2D eigenvalue weighted by molar-refractivity contribution is 5.50. The quantitative estimate of drug-likeness (QED) is 0.532. The number of rotatable bonds is 8. The molecule has 31 heavy (non-hydrogen) atoms. The molecular formula is C18H22FN9O3. The average molecular weight is 431 g/mol. The highest BCUT2D eigenvalue weighted by Crippen LogP contribution is 2.22. The first kappa shape index (κ1) is 20.8. The Morgan fingerprint density at radius 1 is 1.23 bits per heavy atom. The van der Waals surface area contributed by atoms with Gasteiger partial charge in [-0.15, -0.1) is 0 Å². The Labute approximate surface area is 177 Å². The van der Waals surface area contributed by atoms with Crippen LogP contribution in [0.4, 0.5) is 22.1 Å². The first-order valence-corrected chi connectivity index (χ1v) is 9.61. The van der Waals surface area contributed by atoms with Gasteiger partial charge in [-0.05, 0) is 6.92 Å². The Bertz CT molecular complexity index is 995. The van der Waals surface area contributed by atoms with Crippen LogP contribution in [0, 0.1) is 12.7 Å². The number of aryl methyl sites for hydroxylation is 1. The normalized spacial score (nSPS) is 15.0. The first-order valence-electron chi connectivity index (χ1n) is 9.61. The first-order chi connectivity index (χ1) is 15.1. The molecule has 1 atom stereocenters. The molecule has 1 aliphatic heterocycles. The molecule has 164 valence electrons. The van der Waals surface area contributed by atoms with Gasteiger partial charge >= 0.3 is 6.01 Å². The summed E-state index contributed by atoms with van der Waals surface area (Å²) >= 11 is 0. The van der Waals surface area contributed by atoms with Crippen molar-refractivity contribution in [2.75, 3.05) is 50.2 Å². The van der Waals surface area contributed by atoms with Crippen molar-refractivity contribution in [1.29, 1.82) is 0 Å². The summed E-state index contributed by atoms with van der Waals surface area (Å²) in [6.45, 7) is 4.40. The van der Waals surface area contributed by atoms with E-state index in [-0.39, 0.29) is 24.4 Å². The summed E-state index contributed by atoms with van der Waals surface area (Å²) in [5, 5.41) is 10.0. The lowest BCUT2D eigenvalue weighted by atomic mass is 10.3. The summed E-state index contributed by atoms with van der Waals surface area (Å²) in [7, 11) is 1.51. The summed E-state index contributed by atoms with van der Waals surface area (Å²) < 4.78 is 29.8. The lowest BCUT2D eigenvalue weighted by Gasteiger charge is -2.27. The second kappa shape index (κ2) is 9.57. The van der Waals surface area contributed by atoms with E-state index in [0.717, 1.165) is 18.1 Å². The molecule has 0 bridgehead atoms. The molecule has 4 heterocycles. The van der Waals surface area contributed by atoms with Crippen molar-refractivity contribution in [3.8, 4) is 6.01 Å². The monoisotopic (exact) mass is 431 g/mol. The number of halogens is 1. The second-order valence-electron chi connectivity index (χ2n) is 6.72. The molecular weight excluding hydrogens is 409 g/mol. The fraction of sp³-hybridized carbons (Fsp3) is 0.444. The van der Waals surface area contributed by atoms with Crippen molar-refractivity contribution in [2.24, 2.45) is 0 Å². The maximum atomic E-state index is 13.2. The van der Waals surface area contributed by atoms with Crippen molar-refractivity contribution in [2.45, 2.75) is 13.0 Å². The highest BCUT2D eigenvalue weighted by atomic mass is 19.1. The molecule has 0 aliphatic carbocycles. The molecule has 3 aromatic rings. The van der Waals surface area contributed by atoms with Gasteiger partial charge in [0.25, 0.3) is 0 Å². The molecule has 2 N–H and O–H groups in total. The minimum atomic E-state index is -0.744. The number of nitrogens with zero attached hydrogens (tertiary/aromatic N) is 7. The average Bonchev–Trinajstić information content (AvgIpc) is 3.19. The molecule has 13 heteroatoms. The van der Waals surface area contributed by atoms with Gasteiger partial charge in [0.05, 0.1) is 32.2 Å². The number of hydrogen-bond donors (Lipinski definition) is 2. The molecule has 0 spiro atoms. The van der Waals surface area contributed by atoms with Crippen molar-refractivity contribution in [3.05, 3.63) is 35.8 Å². The van der Waals surface area contributed by atoms with Gasteiger partial charge in [-0.2, -0.15) is 20.1 Å². The van der Waals surface area contributed by atoms with Gasteiger partial charge in [0.1, 0.15) is 0 Å². The number of anilines is 3. The van der Waals surface area contributed by atoms with Crippen molar-refractivity contribution in [3.63, 3.8) is 0 Å². The van der Waals surface area contributed by atoms with Crippen LogP contribution in [0.15, 0.2) is 18.5 Å². The molecule has 0 radical (unpaired) electrons. The SMILES string of the molecule is COCC(Oc1nc(Nc2cc(C)[nH]n2)nc(N2CCOCC2)n1)c1ncc(F)cn1. The summed E-state index contributed by atoms with van der Waals surface area (Å²) in [4.78, 5) is 23.2. The van der Waals surface area contributed by atoms with Crippen LogP contribution < -0.4 is 15.0 Å². The van der Waals surface area contributed by atoms with Gasteiger partial charge in [0.15, 0.2) is 23.6 Å². The van der Waals surface area contributed by atoms with Gasteiger partial charge in [-0.25, -0.2) is 14.4 Å². The molecule has 0 amide bonds. The van der Waals surface area contributed by atoms with E-state index in [0.29, 0.717) is 38.1 Å². The number of nitrogens with one attached hydrogen (secondary N) is 2. The van der Waals surface area contributed by atoms with Gasteiger partial charge < -0.3 is 24.4 Å². The van der Waals surface area contributed by atoms with E-state index < -0.39 is 11.9 Å². The third-order valence-corrected chi connectivity index (χ3v) is 4.34. The number of methoxy groups -OCH3 is 1. The van der Waals surface area contributed by atoms with E-state index in [1.54, 1.807) is 0 Å². The van der Waals surface area contributed by atoms with Gasteiger partial charge in [-0.1, -0.05) is 0 Å². The van der Waals surface area contributed by atoms with E-state index >= 15 is 0 Å². The molecule has 0 saturated carbocycles. The molecule has 1 fully saturated rings. The number of H-pyrrole nitrogens is 1. The van der Waals surface area contributed by atoms with Crippen LogP contribution in [0.25, 0.3) is 0 Å². The molecule has 1 saturated heterocycles. The topological polar surface area (TPSA) is 136 Å². The predicted molar refractivity (Wildman–Crippen MR) is 107 cm³/mol. The van der Waals surface area contributed by atoms with Gasteiger partial charge in [0.2, 0.25) is 11.9 Å². The molecule has 0 aromatic carbocycles. The molecule has 4 rings (SSSR count). The van der Waals surface area contributed by atoms with Crippen LogP contribution in [-0.2, 0) is 9.47 Å². The lowest BCUT2D eigenvalue weighted by molar-refractivity contribution is 0.0686. The summed E-state index contributed by atoms with van der Waals surface area (Å²) in [6.07, 6.45) is 1.38. The number of aromatic nitrogens is 7. The van der Waals surface area contributed by atoms with E-state index in [1.165, 1.54) is 7.11 Å². The van der Waals surface area contributed by atoms with E-state index in [2.05, 4.69) is 40.4 Å².